The molecule has 1 amide bonds. The van der Waals surface area contributed by atoms with Gasteiger partial charge in [-0.2, -0.15) is 5.10 Å². The number of nitrogens with two attached hydrogens (primary N) is 1. The van der Waals surface area contributed by atoms with Crippen molar-refractivity contribution in [3.63, 3.8) is 0 Å². The van der Waals surface area contributed by atoms with E-state index in [2.05, 4.69) is 22.5 Å². The Morgan fingerprint density at radius 3 is 2.59 bits per heavy atom. The minimum absolute atomic E-state index is 0.102. The predicted octanol–water partition coefficient (Wildman–Crippen LogP) is 2.07. The van der Waals surface area contributed by atoms with Crippen molar-refractivity contribution >= 4 is 5.91 Å². The normalized spacial score (nSPS) is 13.6. The smallest absolute Gasteiger partial charge is 0.240 e. The van der Waals surface area contributed by atoms with Gasteiger partial charge in [-0.3, -0.25) is 9.48 Å². The second-order valence-electron chi connectivity index (χ2n) is 5.87. The number of carbonyl (C=O) groups is 1. The molecule has 0 radical (unpaired) electrons. The maximum Gasteiger partial charge on any atom is 0.240 e. The van der Waals surface area contributed by atoms with Crippen LogP contribution in [0.2, 0.25) is 0 Å². The lowest BCUT2D eigenvalue weighted by molar-refractivity contribution is -0.126. The molecule has 0 bridgehead atoms. The molecule has 0 fully saturated rings. The molecule has 2 rings (SSSR count). The standard InChI is InChI=1S/C17H24N4O/c1-3-9-17(2,18)16(22)19-12-14-5-7-15(8-6-14)13-21-11-4-10-20-21/h4-8,10-11H,3,9,12-13,18H2,1-2H3,(H,19,22). The molecule has 0 spiro atoms. The molecule has 22 heavy (non-hydrogen) atoms. The Hall–Kier alpha value is -2.14. The SMILES string of the molecule is CCCC(C)(N)C(=O)NCc1ccc(Cn2cccn2)cc1. The van der Waals surface area contributed by atoms with Gasteiger partial charge in [0.1, 0.15) is 0 Å². The molecule has 5 nitrogen and oxygen atoms in total. The molecule has 1 unspecified atom stereocenters. The third kappa shape index (κ3) is 4.43. The number of carbonyl (C=O) groups excluding carboxylic acids is 1. The van der Waals surface area contributed by atoms with Crippen LogP contribution in [0.5, 0.6) is 0 Å². The van der Waals surface area contributed by atoms with Gasteiger partial charge in [0.15, 0.2) is 0 Å². The molecular formula is C17H24N4O. The first-order valence-electron chi connectivity index (χ1n) is 7.63. The summed E-state index contributed by atoms with van der Waals surface area (Å²) in [6.45, 7) is 5.05. The maximum absolute atomic E-state index is 12.1. The van der Waals surface area contributed by atoms with E-state index in [1.165, 1.54) is 5.56 Å². The Morgan fingerprint density at radius 2 is 2.00 bits per heavy atom. The summed E-state index contributed by atoms with van der Waals surface area (Å²) in [5.74, 6) is -0.102. The largest absolute Gasteiger partial charge is 0.350 e. The minimum atomic E-state index is -0.797. The van der Waals surface area contributed by atoms with Crippen LogP contribution in [0.1, 0.15) is 37.8 Å². The van der Waals surface area contributed by atoms with E-state index in [1.807, 2.05) is 36.0 Å². The van der Waals surface area contributed by atoms with Crippen molar-refractivity contribution in [3.05, 3.63) is 53.9 Å². The van der Waals surface area contributed by atoms with Crippen LogP contribution in [0.25, 0.3) is 0 Å². The Balaban J connectivity index is 1.87. The molecule has 1 aromatic heterocycles. The number of aromatic nitrogens is 2. The van der Waals surface area contributed by atoms with E-state index in [4.69, 9.17) is 5.73 Å². The van der Waals surface area contributed by atoms with Gasteiger partial charge in [0.25, 0.3) is 0 Å². The molecule has 1 aromatic carbocycles. The van der Waals surface area contributed by atoms with E-state index in [-0.39, 0.29) is 5.91 Å². The van der Waals surface area contributed by atoms with Gasteiger partial charge in [0.05, 0.1) is 12.1 Å². The molecule has 118 valence electrons. The van der Waals surface area contributed by atoms with Crippen LogP contribution in [0.4, 0.5) is 0 Å². The molecule has 1 atom stereocenters. The lowest BCUT2D eigenvalue weighted by Crippen LogP contribution is -2.51. The van der Waals surface area contributed by atoms with Crippen LogP contribution in [0.15, 0.2) is 42.7 Å². The van der Waals surface area contributed by atoms with Crippen molar-refractivity contribution in [2.75, 3.05) is 0 Å². The third-order valence-corrected chi connectivity index (χ3v) is 3.67. The summed E-state index contributed by atoms with van der Waals surface area (Å²) >= 11 is 0. The summed E-state index contributed by atoms with van der Waals surface area (Å²) in [6.07, 6.45) is 5.28. The molecule has 1 heterocycles. The zero-order valence-electron chi connectivity index (χ0n) is 13.2. The fourth-order valence-corrected chi connectivity index (χ4v) is 2.36. The quantitative estimate of drug-likeness (QED) is 0.822. The Labute approximate surface area is 131 Å². The van der Waals surface area contributed by atoms with Gasteiger partial charge < -0.3 is 11.1 Å². The van der Waals surface area contributed by atoms with E-state index in [9.17, 15) is 4.79 Å². The summed E-state index contributed by atoms with van der Waals surface area (Å²) < 4.78 is 1.88. The fourth-order valence-electron chi connectivity index (χ4n) is 2.36. The summed E-state index contributed by atoms with van der Waals surface area (Å²) in [6, 6.07) is 10.1. The summed E-state index contributed by atoms with van der Waals surface area (Å²) in [7, 11) is 0. The van der Waals surface area contributed by atoms with Crippen molar-refractivity contribution in [2.24, 2.45) is 5.73 Å². The van der Waals surface area contributed by atoms with Crippen LogP contribution >= 0.6 is 0 Å². The van der Waals surface area contributed by atoms with Crippen LogP contribution < -0.4 is 11.1 Å². The number of nitrogens with one attached hydrogen (secondary N) is 1. The van der Waals surface area contributed by atoms with Crippen LogP contribution in [-0.4, -0.2) is 21.2 Å². The molecule has 0 saturated heterocycles. The molecule has 0 aliphatic carbocycles. The van der Waals surface area contributed by atoms with E-state index in [1.54, 1.807) is 13.1 Å². The van der Waals surface area contributed by atoms with Crippen molar-refractivity contribution < 1.29 is 4.79 Å². The van der Waals surface area contributed by atoms with Gasteiger partial charge in [0.2, 0.25) is 5.91 Å². The van der Waals surface area contributed by atoms with Crippen LogP contribution in [0.3, 0.4) is 0 Å². The van der Waals surface area contributed by atoms with Crippen molar-refractivity contribution in [3.8, 4) is 0 Å². The lowest BCUT2D eigenvalue weighted by atomic mass is 9.96. The highest BCUT2D eigenvalue weighted by atomic mass is 16.2. The predicted molar refractivity (Wildman–Crippen MR) is 87.1 cm³/mol. The van der Waals surface area contributed by atoms with Gasteiger partial charge in [-0.05, 0) is 30.5 Å². The zero-order chi connectivity index (χ0) is 16.0. The van der Waals surface area contributed by atoms with Crippen molar-refractivity contribution in [1.29, 1.82) is 0 Å². The lowest BCUT2D eigenvalue weighted by Gasteiger charge is -2.22. The highest BCUT2D eigenvalue weighted by Crippen LogP contribution is 2.10. The maximum atomic E-state index is 12.1. The number of benzene rings is 1. The average molecular weight is 300 g/mol. The second-order valence-corrected chi connectivity index (χ2v) is 5.87. The van der Waals surface area contributed by atoms with Gasteiger partial charge in [0, 0.05) is 18.9 Å². The van der Waals surface area contributed by atoms with Crippen molar-refractivity contribution in [2.45, 2.75) is 45.3 Å². The summed E-state index contributed by atoms with van der Waals surface area (Å²) in [4.78, 5) is 12.1. The van der Waals surface area contributed by atoms with E-state index >= 15 is 0 Å². The van der Waals surface area contributed by atoms with Crippen LogP contribution in [0, 0.1) is 0 Å². The third-order valence-electron chi connectivity index (χ3n) is 3.67. The first kappa shape index (κ1) is 16.2. The number of hydrogen-bond acceptors (Lipinski definition) is 3. The monoisotopic (exact) mass is 300 g/mol. The zero-order valence-corrected chi connectivity index (χ0v) is 13.2. The number of amides is 1. The van der Waals surface area contributed by atoms with Gasteiger partial charge in [-0.15, -0.1) is 0 Å². The number of nitrogens with zero attached hydrogens (tertiary/aromatic N) is 2. The van der Waals surface area contributed by atoms with E-state index in [0.717, 1.165) is 18.5 Å². The number of rotatable bonds is 7. The summed E-state index contributed by atoms with van der Waals surface area (Å²) in [5, 5.41) is 7.09. The molecule has 3 N–H and O–H groups in total. The van der Waals surface area contributed by atoms with Crippen molar-refractivity contribution in [1.82, 2.24) is 15.1 Å². The Morgan fingerprint density at radius 1 is 1.32 bits per heavy atom. The van der Waals surface area contributed by atoms with Gasteiger partial charge in [-0.25, -0.2) is 0 Å². The average Bonchev–Trinajstić information content (AvgIpc) is 2.99. The molecular weight excluding hydrogens is 276 g/mol. The first-order chi connectivity index (χ1) is 10.5. The molecule has 2 aromatic rings. The van der Waals surface area contributed by atoms with E-state index in [0.29, 0.717) is 13.0 Å². The van der Waals surface area contributed by atoms with E-state index < -0.39 is 5.54 Å². The topological polar surface area (TPSA) is 72.9 Å². The summed E-state index contributed by atoms with van der Waals surface area (Å²) in [5.41, 5.74) is 7.45. The second kappa shape index (κ2) is 7.22. The fraction of sp³-hybridized carbons (Fsp3) is 0.412. The van der Waals surface area contributed by atoms with Gasteiger partial charge >= 0.3 is 0 Å². The number of hydrogen-bond donors (Lipinski definition) is 2. The highest BCUT2D eigenvalue weighted by Gasteiger charge is 2.26. The van der Waals surface area contributed by atoms with Crippen LogP contribution in [-0.2, 0) is 17.9 Å². The minimum Gasteiger partial charge on any atom is -0.350 e. The Kier molecular flexibility index (Phi) is 5.33. The molecule has 5 heteroatoms. The molecule has 0 aliphatic rings. The molecule has 0 aliphatic heterocycles. The Bertz CT molecular complexity index is 588. The first-order valence-corrected chi connectivity index (χ1v) is 7.63. The highest BCUT2D eigenvalue weighted by molar-refractivity contribution is 5.85. The van der Waals surface area contributed by atoms with Gasteiger partial charge in [-0.1, -0.05) is 37.6 Å². The molecule has 0 saturated carbocycles.